The minimum Gasteiger partial charge on any atom is -0.495 e. The summed E-state index contributed by atoms with van der Waals surface area (Å²) in [4.78, 5) is 37.7. The average molecular weight is 530 g/mol. The fourth-order valence-electron chi connectivity index (χ4n) is 3.88. The highest BCUT2D eigenvalue weighted by Crippen LogP contribution is 2.34. The Morgan fingerprint density at radius 3 is 2.46 bits per heavy atom. The second-order valence-corrected chi connectivity index (χ2v) is 8.45. The van der Waals surface area contributed by atoms with Crippen molar-refractivity contribution in [2.24, 2.45) is 5.73 Å². The van der Waals surface area contributed by atoms with Crippen molar-refractivity contribution in [3.63, 3.8) is 0 Å². The lowest BCUT2D eigenvalue weighted by molar-refractivity contribution is -0.122. The van der Waals surface area contributed by atoms with Crippen LogP contribution in [0.25, 0.3) is 11.1 Å². The van der Waals surface area contributed by atoms with Gasteiger partial charge >= 0.3 is 0 Å². The van der Waals surface area contributed by atoms with Gasteiger partial charge in [-0.05, 0) is 36.2 Å². The molecule has 192 valence electrons. The number of primary amides is 1. The maximum absolute atomic E-state index is 14.2. The van der Waals surface area contributed by atoms with Gasteiger partial charge in [-0.25, -0.2) is 8.78 Å². The van der Waals surface area contributed by atoms with Crippen molar-refractivity contribution in [1.29, 1.82) is 5.26 Å². The zero-order valence-electron chi connectivity index (χ0n) is 19.9. The molecule has 1 atom stereocenters. The molecule has 0 saturated carbocycles. The Bertz CT molecular complexity index is 1470. The molecule has 0 aliphatic rings. The number of nitriles is 1. The van der Waals surface area contributed by atoms with E-state index >= 15 is 0 Å². The third kappa shape index (κ3) is 6.02. The molecule has 0 saturated heterocycles. The van der Waals surface area contributed by atoms with E-state index in [1.54, 1.807) is 0 Å². The first-order valence-corrected chi connectivity index (χ1v) is 11.3. The molecular weight excluding hydrogens is 508 g/mol. The van der Waals surface area contributed by atoms with Gasteiger partial charge in [0.15, 0.2) is 5.78 Å². The Morgan fingerprint density at radius 1 is 1.14 bits per heavy atom. The van der Waals surface area contributed by atoms with Gasteiger partial charge in [0.1, 0.15) is 17.4 Å². The molecule has 11 heteroatoms. The molecule has 1 unspecified atom stereocenters. The van der Waals surface area contributed by atoms with Crippen LogP contribution in [0.5, 0.6) is 5.75 Å². The summed E-state index contributed by atoms with van der Waals surface area (Å²) in [6.07, 6.45) is 1.18. The van der Waals surface area contributed by atoms with E-state index in [-0.39, 0.29) is 58.0 Å². The summed E-state index contributed by atoms with van der Waals surface area (Å²) in [5, 5.41) is 9.21. The maximum atomic E-state index is 14.2. The molecule has 3 aromatic rings. The highest BCUT2D eigenvalue weighted by molar-refractivity contribution is 6.31. The van der Waals surface area contributed by atoms with Crippen LogP contribution in [-0.4, -0.2) is 37.1 Å². The lowest BCUT2D eigenvalue weighted by Crippen LogP contribution is -2.31. The van der Waals surface area contributed by atoms with Crippen LogP contribution in [0.1, 0.15) is 33.9 Å². The number of Topliss-reactive ketones (excluding diaryl/α,β-unsaturated/α-hetero) is 1. The van der Waals surface area contributed by atoms with E-state index in [0.29, 0.717) is 0 Å². The number of aromatic nitrogens is 1. The Labute approximate surface area is 215 Å². The van der Waals surface area contributed by atoms with Gasteiger partial charge in [0, 0.05) is 37.3 Å². The zero-order valence-corrected chi connectivity index (χ0v) is 20.6. The van der Waals surface area contributed by atoms with E-state index in [0.717, 1.165) is 22.8 Å². The summed E-state index contributed by atoms with van der Waals surface area (Å²) in [5.41, 5.74) is 4.80. The van der Waals surface area contributed by atoms with Gasteiger partial charge in [0.2, 0.25) is 0 Å². The highest BCUT2D eigenvalue weighted by atomic mass is 35.5. The number of halogens is 3. The number of methoxy groups -OCH3 is 2. The van der Waals surface area contributed by atoms with Crippen molar-refractivity contribution in [1.82, 2.24) is 4.57 Å². The summed E-state index contributed by atoms with van der Waals surface area (Å²) in [7, 11) is 2.77. The number of benzene rings is 2. The van der Waals surface area contributed by atoms with Crippen molar-refractivity contribution >= 4 is 23.3 Å². The second-order valence-electron chi connectivity index (χ2n) is 8.04. The van der Waals surface area contributed by atoms with Crippen LogP contribution in [-0.2, 0) is 16.0 Å². The van der Waals surface area contributed by atoms with Gasteiger partial charge in [-0.1, -0.05) is 17.7 Å². The molecule has 0 spiro atoms. The van der Waals surface area contributed by atoms with Crippen LogP contribution in [0, 0.1) is 23.0 Å². The molecule has 0 bridgehead atoms. The molecular formula is C26H22ClF2N3O5. The normalized spacial score (nSPS) is 11.6. The molecule has 2 N–H and O–H groups in total. The first-order chi connectivity index (χ1) is 17.6. The van der Waals surface area contributed by atoms with Gasteiger partial charge in [0.25, 0.3) is 11.5 Å². The predicted octanol–water partition coefficient (Wildman–Crippen LogP) is 3.82. The molecule has 0 aliphatic carbocycles. The van der Waals surface area contributed by atoms with Gasteiger partial charge in [-0.3, -0.25) is 14.4 Å². The molecule has 0 fully saturated rings. The first kappa shape index (κ1) is 27.5. The van der Waals surface area contributed by atoms with Crippen molar-refractivity contribution < 1.29 is 27.8 Å². The van der Waals surface area contributed by atoms with Crippen molar-refractivity contribution in [3.05, 3.63) is 86.3 Å². The smallest absolute Gasteiger partial charge is 0.252 e. The minimum atomic E-state index is -1.01. The van der Waals surface area contributed by atoms with Gasteiger partial charge in [-0.2, -0.15) is 5.26 Å². The second kappa shape index (κ2) is 11.8. The predicted molar refractivity (Wildman–Crippen MR) is 132 cm³/mol. The van der Waals surface area contributed by atoms with E-state index in [2.05, 4.69) is 0 Å². The number of amides is 1. The molecule has 0 aliphatic heterocycles. The largest absolute Gasteiger partial charge is 0.495 e. The molecule has 1 amide bonds. The third-order valence-electron chi connectivity index (χ3n) is 5.72. The zero-order chi connectivity index (χ0) is 27.3. The highest BCUT2D eigenvalue weighted by Gasteiger charge is 2.25. The first-order valence-electron chi connectivity index (χ1n) is 10.9. The summed E-state index contributed by atoms with van der Waals surface area (Å²) < 4.78 is 39.8. The van der Waals surface area contributed by atoms with Crippen LogP contribution in [0.2, 0.25) is 5.02 Å². The molecule has 2 aromatic carbocycles. The number of hydrogen-bond acceptors (Lipinski definition) is 6. The number of carbonyl (C=O) groups excluding carboxylic acids is 2. The van der Waals surface area contributed by atoms with E-state index < -0.39 is 34.9 Å². The van der Waals surface area contributed by atoms with Crippen molar-refractivity contribution in [3.8, 4) is 22.9 Å². The lowest BCUT2D eigenvalue weighted by Gasteiger charge is -2.21. The van der Waals surface area contributed by atoms with Crippen LogP contribution in [0.3, 0.4) is 0 Å². The summed E-state index contributed by atoms with van der Waals surface area (Å²) >= 11 is 5.90. The van der Waals surface area contributed by atoms with Crippen LogP contribution >= 0.6 is 11.6 Å². The number of hydrogen-bond donors (Lipinski definition) is 1. The molecule has 1 heterocycles. The van der Waals surface area contributed by atoms with Crippen molar-refractivity contribution in [2.45, 2.75) is 18.9 Å². The lowest BCUT2D eigenvalue weighted by atomic mass is 9.98. The maximum Gasteiger partial charge on any atom is 0.252 e. The fourth-order valence-corrected chi connectivity index (χ4v) is 4.04. The Morgan fingerprint density at radius 2 is 1.86 bits per heavy atom. The molecule has 8 nitrogen and oxygen atoms in total. The monoisotopic (exact) mass is 529 g/mol. The molecule has 0 radical (unpaired) electrons. The minimum absolute atomic E-state index is 0.0641. The van der Waals surface area contributed by atoms with E-state index in [4.69, 9.17) is 26.8 Å². The number of nitrogens with two attached hydrogens (primary N) is 1. The Balaban J connectivity index is 2.06. The average Bonchev–Trinajstić information content (AvgIpc) is 2.86. The molecule has 1 aromatic heterocycles. The van der Waals surface area contributed by atoms with Crippen LogP contribution in [0.15, 0.2) is 47.4 Å². The third-order valence-corrected chi connectivity index (χ3v) is 6.00. The summed E-state index contributed by atoms with van der Waals surface area (Å²) in [6, 6.07) is 7.83. The quantitative estimate of drug-likeness (QED) is 0.426. The van der Waals surface area contributed by atoms with E-state index in [9.17, 15) is 28.4 Å². The number of nitrogens with zero attached hydrogens (tertiary/aromatic N) is 2. The topological polar surface area (TPSA) is 124 Å². The van der Waals surface area contributed by atoms with E-state index in [1.807, 2.05) is 6.07 Å². The van der Waals surface area contributed by atoms with E-state index in [1.165, 1.54) is 38.6 Å². The number of pyridine rings is 1. The SMILES string of the molecule is COCCC(C(=O)Cc1ccc(C(N)=O)c(F)c1)n1cc(OC)c(-c2cc(Cl)c(F)cc2C#N)cc1=O. The standard InChI is InChI=1S/C26H22ClF2N3O5/c1-36-6-5-22(23(33)8-14-3-4-16(26(31)35)20(28)7-14)32-13-24(37-2)18(11-25(32)34)17-10-19(27)21(29)9-15(17)12-30/h3-4,7,9-11,13,22H,5-6,8H2,1-2H3,(H2,31,35). The fraction of sp³-hybridized carbons (Fsp3) is 0.231. The van der Waals surface area contributed by atoms with Crippen LogP contribution < -0.4 is 16.0 Å². The summed E-state index contributed by atoms with van der Waals surface area (Å²) in [6.45, 7) is 0.133. The number of rotatable bonds is 10. The van der Waals surface area contributed by atoms with Gasteiger partial charge in [-0.15, -0.1) is 0 Å². The van der Waals surface area contributed by atoms with Gasteiger partial charge in [0.05, 0.1) is 41.6 Å². The number of ether oxygens (including phenoxy) is 2. The number of carbonyl (C=O) groups is 2. The van der Waals surface area contributed by atoms with Crippen molar-refractivity contribution in [2.75, 3.05) is 20.8 Å². The Kier molecular flexibility index (Phi) is 8.76. The summed E-state index contributed by atoms with van der Waals surface area (Å²) in [5.74, 6) is -2.89. The number of ketones is 1. The van der Waals surface area contributed by atoms with Crippen LogP contribution in [0.4, 0.5) is 8.78 Å². The molecule has 37 heavy (non-hydrogen) atoms. The Hall–Kier alpha value is -4.07. The molecule has 3 rings (SSSR count). The van der Waals surface area contributed by atoms with Gasteiger partial charge < -0.3 is 19.8 Å².